The van der Waals surface area contributed by atoms with E-state index in [1.807, 2.05) is 0 Å². The van der Waals surface area contributed by atoms with Gasteiger partial charge in [-0.25, -0.2) is 0 Å². The Morgan fingerprint density at radius 2 is 2.17 bits per heavy atom. The van der Waals surface area contributed by atoms with Crippen LogP contribution >= 0.6 is 11.7 Å². The molecule has 2 aromatic rings. The minimum atomic E-state index is 0.0157. The third-order valence-corrected chi connectivity index (χ3v) is 5.30. The molecule has 1 aromatic heterocycles. The first kappa shape index (κ1) is 16.6. The number of aliphatic hydroxyl groups is 1. The molecule has 1 aromatic carbocycles. The van der Waals surface area contributed by atoms with E-state index in [4.69, 9.17) is 0 Å². The summed E-state index contributed by atoms with van der Waals surface area (Å²) in [6, 6.07) is 6.35. The molecule has 0 spiro atoms. The Morgan fingerprint density at radius 1 is 1.35 bits per heavy atom. The van der Waals surface area contributed by atoms with E-state index in [2.05, 4.69) is 51.8 Å². The van der Waals surface area contributed by atoms with Crippen molar-refractivity contribution >= 4 is 22.8 Å². The third-order valence-electron chi connectivity index (χ3n) is 4.74. The Labute approximate surface area is 142 Å². The average molecular weight is 331 g/mol. The van der Waals surface area contributed by atoms with Gasteiger partial charge in [-0.05, 0) is 57.4 Å². The van der Waals surface area contributed by atoms with Crippen molar-refractivity contribution in [1.82, 2.24) is 13.6 Å². The van der Waals surface area contributed by atoms with Crippen molar-refractivity contribution < 1.29 is 5.11 Å². The van der Waals surface area contributed by atoms with Crippen LogP contribution in [0.3, 0.4) is 0 Å². The summed E-state index contributed by atoms with van der Waals surface area (Å²) in [5.41, 5.74) is 4.59. The summed E-state index contributed by atoms with van der Waals surface area (Å²) in [4.78, 5) is 2.47. The fourth-order valence-electron chi connectivity index (χ4n) is 3.41. The van der Waals surface area contributed by atoms with Crippen molar-refractivity contribution in [3.05, 3.63) is 35.4 Å². The standard InChI is InChI=1S/C18H25N3OS/c1-14(2)6-8-18(13-22)7-3-9-21(12-18)11-15-4-5-16-17(10-15)20-23-19-16/h4-6,10,22H,3,7-9,11-13H2,1-2H3/t18-/m1/s1. The fraction of sp³-hybridized carbons (Fsp3) is 0.556. The second-order valence-corrected chi connectivity index (χ2v) is 7.57. The van der Waals surface area contributed by atoms with Crippen LogP contribution < -0.4 is 0 Å². The molecule has 2 heterocycles. The minimum Gasteiger partial charge on any atom is -0.396 e. The Hall–Kier alpha value is -1.30. The molecule has 0 unspecified atom stereocenters. The van der Waals surface area contributed by atoms with Gasteiger partial charge in [-0.3, -0.25) is 4.90 Å². The molecule has 3 rings (SSSR count). The van der Waals surface area contributed by atoms with Crippen LogP contribution in [0.4, 0.5) is 0 Å². The number of benzene rings is 1. The number of allylic oxidation sites excluding steroid dienone is 2. The molecule has 0 saturated carbocycles. The van der Waals surface area contributed by atoms with E-state index in [9.17, 15) is 5.11 Å². The molecule has 1 saturated heterocycles. The highest BCUT2D eigenvalue weighted by Crippen LogP contribution is 2.34. The Bertz CT molecular complexity index is 692. The number of piperidine rings is 1. The molecule has 1 aliphatic heterocycles. The second-order valence-electron chi connectivity index (χ2n) is 7.05. The van der Waals surface area contributed by atoms with Crippen LogP contribution in [-0.2, 0) is 6.54 Å². The number of likely N-dealkylation sites (tertiary alicyclic amines) is 1. The lowest BCUT2D eigenvalue weighted by molar-refractivity contribution is 0.0307. The first-order valence-electron chi connectivity index (χ1n) is 8.28. The van der Waals surface area contributed by atoms with E-state index in [1.54, 1.807) is 0 Å². The van der Waals surface area contributed by atoms with Gasteiger partial charge in [0.1, 0.15) is 11.0 Å². The SMILES string of the molecule is CC(C)=CC[C@]1(CO)CCCN(Cc2ccc3nsnc3c2)C1. The van der Waals surface area contributed by atoms with Crippen LogP contribution in [0.2, 0.25) is 0 Å². The van der Waals surface area contributed by atoms with Crippen LogP contribution in [0.1, 0.15) is 38.7 Å². The molecule has 1 atom stereocenters. The van der Waals surface area contributed by atoms with Gasteiger partial charge < -0.3 is 5.11 Å². The normalized spacial score (nSPS) is 22.4. The van der Waals surface area contributed by atoms with Gasteiger partial charge in [-0.2, -0.15) is 8.75 Å². The van der Waals surface area contributed by atoms with Gasteiger partial charge in [0, 0.05) is 18.5 Å². The fourth-order valence-corrected chi connectivity index (χ4v) is 3.93. The van der Waals surface area contributed by atoms with E-state index in [0.29, 0.717) is 0 Å². The summed E-state index contributed by atoms with van der Waals surface area (Å²) in [5.74, 6) is 0. The van der Waals surface area contributed by atoms with Gasteiger partial charge in [-0.15, -0.1) is 0 Å². The smallest absolute Gasteiger partial charge is 0.105 e. The number of hydrogen-bond acceptors (Lipinski definition) is 5. The van der Waals surface area contributed by atoms with E-state index in [1.165, 1.54) is 22.9 Å². The van der Waals surface area contributed by atoms with E-state index < -0.39 is 0 Å². The first-order valence-corrected chi connectivity index (χ1v) is 9.01. The van der Waals surface area contributed by atoms with Gasteiger partial charge in [0.05, 0.1) is 18.3 Å². The van der Waals surface area contributed by atoms with Crippen molar-refractivity contribution in [2.45, 2.75) is 39.7 Å². The highest BCUT2D eigenvalue weighted by molar-refractivity contribution is 7.00. The molecule has 23 heavy (non-hydrogen) atoms. The van der Waals surface area contributed by atoms with Crippen molar-refractivity contribution in [3.63, 3.8) is 0 Å². The molecule has 0 bridgehead atoms. The Balaban J connectivity index is 1.70. The van der Waals surface area contributed by atoms with Gasteiger partial charge in [-0.1, -0.05) is 17.7 Å². The minimum absolute atomic E-state index is 0.0157. The molecule has 4 nitrogen and oxygen atoms in total. The zero-order valence-corrected chi connectivity index (χ0v) is 14.8. The van der Waals surface area contributed by atoms with Crippen molar-refractivity contribution in [3.8, 4) is 0 Å². The first-order chi connectivity index (χ1) is 11.1. The molecule has 1 N–H and O–H groups in total. The third kappa shape index (κ3) is 3.97. The number of fused-ring (bicyclic) bond motifs is 1. The van der Waals surface area contributed by atoms with Crippen LogP contribution in [0.15, 0.2) is 29.8 Å². The summed E-state index contributed by atoms with van der Waals surface area (Å²) in [6.45, 7) is 7.50. The summed E-state index contributed by atoms with van der Waals surface area (Å²) >= 11 is 1.27. The number of aromatic nitrogens is 2. The predicted octanol–water partition coefficient (Wildman–Crippen LogP) is 3.62. The largest absolute Gasteiger partial charge is 0.396 e. The average Bonchev–Trinajstić information content (AvgIpc) is 3.01. The molecule has 0 aliphatic carbocycles. The lowest BCUT2D eigenvalue weighted by atomic mass is 9.77. The number of hydrogen-bond donors (Lipinski definition) is 1. The summed E-state index contributed by atoms with van der Waals surface area (Å²) in [7, 11) is 0. The Morgan fingerprint density at radius 3 is 2.96 bits per heavy atom. The van der Waals surface area contributed by atoms with E-state index in [-0.39, 0.29) is 12.0 Å². The zero-order valence-electron chi connectivity index (χ0n) is 14.0. The molecule has 1 fully saturated rings. The second kappa shape index (κ2) is 7.07. The van der Waals surface area contributed by atoms with Crippen LogP contribution in [0, 0.1) is 5.41 Å². The highest BCUT2D eigenvalue weighted by atomic mass is 32.1. The van der Waals surface area contributed by atoms with Crippen molar-refractivity contribution in [2.75, 3.05) is 19.7 Å². The van der Waals surface area contributed by atoms with Gasteiger partial charge in [0.25, 0.3) is 0 Å². The van der Waals surface area contributed by atoms with Crippen LogP contribution in [0.25, 0.3) is 11.0 Å². The van der Waals surface area contributed by atoms with Crippen LogP contribution in [-0.4, -0.2) is 38.4 Å². The predicted molar refractivity (Wildman–Crippen MR) is 95.5 cm³/mol. The van der Waals surface area contributed by atoms with Crippen molar-refractivity contribution in [2.24, 2.45) is 5.41 Å². The van der Waals surface area contributed by atoms with Gasteiger partial charge in [0.15, 0.2) is 0 Å². The molecule has 5 heteroatoms. The lowest BCUT2D eigenvalue weighted by Gasteiger charge is -2.41. The number of rotatable bonds is 5. The molecular weight excluding hydrogens is 306 g/mol. The van der Waals surface area contributed by atoms with Gasteiger partial charge >= 0.3 is 0 Å². The zero-order chi connectivity index (χ0) is 16.3. The molecule has 0 amide bonds. The lowest BCUT2D eigenvalue weighted by Crippen LogP contribution is -2.44. The monoisotopic (exact) mass is 331 g/mol. The molecular formula is C18H25N3OS. The van der Waals surface area contributed by atoms with Crippen LogP contribution in [0.5, 0.6) is 0 Å². The number of aliphatic hydroxyl groups excluding tert-OH is 1. The van der Waals surface area contributed by atoms with E-state index in [0.717, 1.165) is 49.9 Å². The highest BCUT2D eigenvalue weighted by Gasteiger charge is 2.34. The summed E-state index contributed by atoms with van der Waals surface area (Å²) in [6.07, 6.45) is 5.50. The van der Waals surface area contributed by atoms with Crippen molar-refractivity contribution in [1.29, 1.82) is 0 Å². The summed E-state index contributed by atoms with van der Waals surface area (Å²) in [5, 5.41) is 9.98. The quantitative estimate of drug-likeness (QED) is 0.850. The molecule has 1 aliphatic rings. The van der Waals surface area contributed by atoms with Gasteiger partial charge in [0.2, 0.25) is 0 Å². The maximum absolute atomic E-state index is 9.98. The summed E-state index contributed by atoms with van der Waals surface area (Å²) < 4.78 is 8.59. The topological polar surface area (TPSA) is 49.2 Å². The molecule has 124 valence electrons. The van der Waals surface area contributed by atoms with E-state index >= 15 is 0 Å². The maximum atomic E-state index is 9.98. The number of nitrogens with zero attached hydrogens (tertiary/aromatic N) is 3. The maximum Gasteiger partial charge on any atom is 0.105 e. The molecule has 0 radical (unpaired) electrons. The Kier molecular flexibility index (Phi) is 5.09.